The van der Waals surface area contributed by atoms with Crippen LogP contribution in [0, 0.1) is 5.92 Å². The molecule has 21 heavy (non-hydrogen) atoms. The molecule has 0 aliphatic carbocycles. The molecule has 0 aliphatic rings. The van der Waals surface area contributed by atoms with Gasteiger partial charge in [0.15, 0.2) is 5.78 Å². The molecule has 1 aromatic heterocycles. The lowest BCUT2D eigenvalue weighted by atomic mass is 9.89. The van der Waals surface area contributed by atoms with Crippen molar-refractivity contribution < 1.29 is 4.79 Å². The van der Waals surface area contributed by atoms with Crippen molar-refractivity contribution in [2.24, 2.45) is 20.0 Å². The van der Waals surface area contributed by atoms with Gasteiger partial charge in [-0.25, -0.2) is 4.79 Å². The van der Waals surface area contributed by atoms with E-state index in [2.05, 4.69) is 13.8 Å². The van der Waals surface area contributed by atoms with E-state index in [1.807, 2.05) is 18.2 Å². The predicted octanol–water partition coefficient (Wildman–Crippen LogP) is 3.28. The second-order valence-electron chi connectivity index (χ2n) is 5.74. The molecule has 0 saturated carbocycles. The summed E-state index contributed by atoms with van der Waals surface area (Å²) in [4.78, 5) is 24.6. The van der Waals surface area contributed by atoms with Gasteiger partial charge in [0.1, 0.15) is 0 Å². The summed E-state index contributed by atoms with van der Waals surface area (Å²) in [5.74, 6) is 0.301. The number of aromatic nitrogens is 2. The highest BCUT2D eigenvalue weighted by atomic mass is 16.1. The summed E-state index contributed by atoms with van der Waals surface area (Å²) in [6.45, 7) is 4.22. The maximum atomic E-state index is 12.7. The van der Waals surface area contributed by atoms with Crippen LogP contribution < -0.4 is 5.69 Å². The van der Waals surface area contributed by atoms with Crippen LogP contribution in [-0.4, -0.2) is 14.9 Å². The highest BCUT2D eigenvalue weighted by molar-refractivity contribution is 6.00. The van der Waals surface area contributed by atoms with Crippen LogP contribution in [0.25, 0.3) is 11.0 Å². The van der Waals surface area contributed by atoms with Crippen LogP contribution in [-0.2, 0) is 14.1 Å². The third-order valence-electron chi connectivity index (χ3n) is 4.20. The Morgan fingerprint density at radius 3 is 2.19 bits per heavy atom. The minimum absolute atomic E-state index is 0.0618. The zero-order valence-electron chi connectivity index (χ0n) is 13.3. The summed E-state index contributed by atoms with van der Waals surface area (Å²) < 4.78 is 3.21. The zero-order valence-corrected chi connectivity index (χ0v) is 13.3. The Morgan fingerprint density at radius 2 is 1.62 bits per heavy atom. The van der Waals surface area contributed by atoms with E-state index in [-0.39, 0.29) is 17.4 Å². The highest BCUT2D eigenvalue weighted by Gasteiger charge is 2.19. The number of rotatable bonds is 6. The maximum Gasteiger partial charge on any atom is 0.328 e. The first kappa shape index (κ1) is 15.5. The van der Waals surface area contributed by atoms with Crippen molar-refractivity contribution in [3.05, 3.63) is 34.2 Å². The van der Waals surface area contributed by atoms with Gasteiger partial charge in [-0.1, -0.05) is 26.7 Å². The predicted molar refractivity (Wildman–Crippen MR) is 85.8 cm³/mol. The lowest BCUT2D eigenvalue weighted by Crippen LogP contribution is -2.19. The molecular formula is C17H24N2O2. The maximum absolute atomic E-state index is 12.7. The standard InChI is InChI=1S/C17H24N2O2/c1-5-7-12(8-6-2)16(20)13-9-10-14-15(11-13)19(4)17(21)18(14)3/h9-12H,5-8H2,1-4H3. The van der Waals surface area contributed by atoms with Crippen LogP contribution in [0.2, 0.25) is 0 Å². The number of benzene rings is 1. The molecule has 0 spiro atoms. The molecule has 114 valence electrons. The van der Waals surface area contributed by atoms with E-state index < -0.39 is 0 Å². The number of imidazole rings is 1. The van der Waals surface area contributed by atoms with Crippen LogP contribution in [0.3, 0.4) is 0 Å². The molecule has 0 saturated heterocycles. The molecular weight excluding hydrogens is 264 g/mol. The Balaban J connectivity index is 2.44. The van der Waals surface area contributed by atoms with Gasteiger partial charge in [-0.2, -0.15) is 0 Å². The molecule has 2 rings (SSSR count). The summed E-state index contributed by atoms with van der Waals surface area (Å²) in [6.07, 6.45) is 3.89. The van der Waals surface area contributed by atoms with Gasteiger partial charge in [0, 0.05) is 25.6 Å². The fraction of sp³-hybridized carbons (Fsp3) is 0.529. The lowest BCUT2D eigenvalue weighted by Gasteiger charge is -2.14. The summed E-state index contributed by atoms with van der Waals surface area (Å²) in [6, 6.07) is 5.58. The number of aryl methyl sites for hydroxylation is 2. The van der Waals surface area contributed by atoms with Crippen molar-refractivity contribution in [2.45, 2.75) is 39.5 Å². The van der Waals surface area contributed by atoms with Crippen LogP contribution in [0.1, 0.15) is 49.9 Å². The summed E-state index contributed by atoms with van der Waals surface area (Å²) in [5.41, 5.74) is 2.34. The third-order valence-corrected chi connectivity index (χ3v) is 4.20. The van der Waals surface area contributed by atoms with Gasteiger partial charge in [-0.3, -0.25) is 13.9 Å². The molecule has 0 unspecified atom stereocenters. The van der Waals surface area contributed by atoms with Crippen LogP contribution in [0.5, 0.6) is 0 Å². The number of nitrogens with zero attached hydrogens (tertiary/aromatic N) is 2. The van der Waals surface area contributed by atoms with E-state index in [0.717, 1.165) is 42.3 Å². The molecule has 1 heterocycles. The van der Waals surface area contributed by atoms with Gasteiger partial charge < -0.3 is 0 Å². The van der Waals surface area contributed by atoms with Gasteiger partial charge in [0.25, 0.3) is 0 Å². The minimum atomic E-state index is -0.0618. The zero-order chi connectivity index (χ0) is 15.6. The Morgan fingerprint density at radius 1 is 1.05 bits per heavy atom. The van der Waals surface area contributed by atoms with Crippen molar-refractivity contribution in [3.8, 4) is 0 Å². The monoisotopic (exact) mass is 288 g/mol. The van der Waals surface area contributed by atoms with Crippen LogP contribution in [0.4, 0.5) is 0 Å². The number of hydrogen-bond acceptors (Lipinski definition) is 2. The van der Waals surface area contributed by atoms with Gasteiger partial charge in [-0.05, 0) is 31.0 Å². The number of ketones is 1. The summed E-state index contributed by atoms with van der Waals surface area (Å²) in [7, 11) is 3.50. The highest BCUT2D eigenvalue weighted by Crippen LogP contribution is 2.22. The third kappa shape index (κ3) is 2.80. The average Bonchev–Trinajstić information content (AvgIpc) is 2.71. The van der Waals surface area contributed by atoms with Gasteiger partial charge in [0.05, 0.1) is 11.0 Å². The minimum Gasteiger partial charge on any atom is -0.295 e. The fourth-order valence-electron chi connectivity index (χ4n) is 3.00. The molecule has 4 nitrogen and oxygen atoms in total. The SMILES string of the molecule is CCCC(CCC)C(=O)c1ccc2c(c1)n(C)c(=O)n2C. The first-order valence-corrected chi connectivity index (χ1v) is 7.70. The molecule has 0 N–H and O–H groups in total. The number of Topliss-reactive ketones (excluding diaryl/α,β-unsaturated/α-hetero) is 1. The van der Waals surface area contributed by atoms with Crippen molar-refractivity contribution >= 4 is 16.8 Å². The van der Waals surface area contributed by atoms with E-state index in [1.165, 1.54) is 0 Å². The Labute approximate surface area is 125 Å². The van der Waals surface area contributed by atoms with E-state index in [1.54, 1.807) is 23.2 Å². The van der Waals surface area contributed by atoms with Crippen molar-refractivity contribution in [1.29, 1.82) is 0 Å². The number of hydrogen-bond donors (Lipinski definition) is 0. The Kier molecular flexibility index (Phi) is 4.66. The second kappa shape index (κ2) is 6.29. The van der Waals surface area contributed by atoms with Crippen molar-refractivity contribution in [3.63, 3.8) is 0 Å². The molecule has 4 heteroatoms. The van der Waals surface area contributed by atoms with Crippen LogP contribution in [0.15, 0.2) is 23.0 Å². The van der Waals surface area contributed by atoms with Gasteiger partial charge in [0.2, 0.25) is 0 Å². The fourth-order valence-corrected chi connectivity index (χ4v) is 3.00. The topological polar surface area (TPSA) is 44.0 Å². The second-order valence-corrected chi connectivity index (χ2v) is 5.74. The van der Waals surface area contributed by atoms with Gasteiger partial charge in [-0.15, -0.1) is 0 Å². The molecule has 0 fully saturated rings. The summed E-state index contributed by atoms with van der Waals surface area (Å²) >= 11 is 0. The molecule has 0 aliphatic heterocycles. The summed E-state index contributed by atoms with van der Waals surface area (Å²) in [5, 5.41) is 0. The molecule has 0 bridgehead atoms. The molecule has 0 radical (unpaired) electrons. The quantitative estimate of drug-likeness (QED) is 0.766. The smallest absolute Gasteiger partial charge is 0.295 e. The van der Waals surface area contributed by atoms with Gasteiger partial charge >= 0.3 is 5.69 Å². The Hall–Kier alpha value is -1.84. The molecule has 0 amide bonds. The Bertz CT molecular complexity index is 703. The normalized spacial score (nSPS) is 11.5. The van der Waals surface area contributed by atoms with E-state index in [0.29, 0.717) is 0 Å². The molecule has 2 aromatic rings. The molecule has 1 aromatic carbocycles. The van der Waals surface area contributed by atoms with E-state index in [4.69, 9.17) is 0 Å². The van der Waals surface area contributed by atoms with Crippen LogP contribution >= 0.6 is 0 Å². The largest absolute Gasteiger partial charge is 0.328 e. The molecule has 0 atom stereocenters. The first-order valence-electron chi connectivity index (χ1n) is 7.70. The number of carbonyl (C=O) groups is 1. The van der Waals surface area contributed by atoms with E-state index >= 15 is 0 Å². The number of fused-ring (bicyclic) bond motifs is 1. The first-order chi connectivity index (χ1) is 10.0. The lowest BCUT2D eigenvalue weighted by molar-refractivity contribution is 0.0905. The van der Waals surface area contributed by atoms with Crippen molar-refractivity contribution in [1.82, 2.24) is 9.13 Å². The number of carbonyl (C=O) groups excluding carboxylic acids is 1. The van der Waals surface area contributed by atoms with E-state index in [9.17, 15) is 9.59 Å². The average molecular weight is 288 g/mol. The van der Waals surface area contributed by atoms with Crippen molar-refractivity contribution in [2.75, 3.05) is 0 Å².